The van der Waals surface area contributed by atoms with E-state index in [1.807, 2.05) is 0 Å². The summed E-state index contributed by atoms with van der Waals surface area (Å²) in [4.78, 5) is 24.0. The summed E-state index contributed by atoms with van der Waals surface area (Å²) >= 11 is 0. The van der Waals surface area contributed by atoms with Crippen molar-refractivity contribution in [1.82, 2.24) is 4.31 Å². The molecular weight excluding hydrogens is 382 g/mol. The molecule has 0 amide bonds. The Hall–Kier alpha value is -2.71. The van der Waals surface area contributed by atoms with E-state index in [0.717, 1.165) is 0 Å². The molecule has 2 rings (SSSR count). The first-order chi connectivity index (χ1) is 13.2. The third-order valence-electron chi connectivity index (χ3n) is 4.03. The Labute approximate surface area is 164 Å². The third kappa shape index (κ3) is 5.40. The van der Waals surface area contributed by atoms with E-state index in [4.69, 9.17) is 9.47 Å². The van der Waals surface area contributed by atoms with E-state index in [-0.39, 0.29) is 29.7 Å². The molecular formula is C20H23NO6S. The van der Waals surface area contributed by atoms with Crippen LogP contribution in [0.5, 0.6) is 0 Å². The minimum absolute atomic E-state index is 0.00801. The van der Waals surface area contributed by atoms with Gasteiger partial charge >= 0.3 is 11.9 Å². The van der Waals surface area contributed by atoms with Crippen molar-refractivity contribution in [2.45, 2.75) is 24.8 Å². The molecule has 0 heterocycles. The highest BCUT2D eigenvalue weighted by Crippen LogP contribution is 2.18. The Morgan fingerprint density at radius 2 is 1.43 bits per heavy atom. The molecule has 0 spiro atoms. The van der Waals surface area contributed by atoms with Gasteiger partial charge in [0.25, 0.3) is 0 Å². The second-order valence-electron chi connectivity index (χ2n) is 6.28. The van der Waals surface area contributed by atoms with Crippen LogP contribution in [-0.4, -0.2) is 51.0 Å². The first kappa shape index (κ1) is 21.6. The first-order valence-corrected chi connectivity index (χ1v) is 10.1. The average Bonchev–Trinajstić information content (AvgIpc) is 2.70. The molecule has 0 bridgehead atoms. The number of hydrogen-bond donors (Lipinski definition) is 0. The Morgan fingerprint density at radius 3 is 2.00 bits per heavy atom. The smallest absolute Gasteiger partial charge is 0.338 e. The average molecular weight is 405 g/mol. The summed E-state index contributed by atoms with van der Waals surface area (Å²) in [5.74, 6) is -1.21. The summed E-state index contributed by atoms with van der Waals surface area (Å²) in [6.45, 7) is 3.27. The SMILES string of the molecule is CC(C)N(C)S(=O)(=O)c1cccc(C(=O)OCCOC(=O)c2ccccc2)c1. The van der Waals surface area contributed by atoms with E-state index < -0.39 is 22.0 Å². The molecule has 150 valence electrons. The van der Waals surface area contributed by atoms with Crippen LogP contribution < -0.4 is 0 Å². The fourth-order valence-electron chi connectivity index (χ4n) is 2.24. The van der Waals surface area contributed by atoms with Gasteiger partial charge in [-0.2, -0.15) is 4.31 Å². The predicted octanol–water partition coefficient (Wildman–Crippen LogP) is 2.73. The predicted molar refractivity (Wildman–Crippen MR) is 104 cm³/mol. The molecule has 7 nitrogen and oxygen atoms in total. The highest BCUT2D eigenvalue weighted by Gasteiger charge is 2.24. The molecule has 0 N–H and O–H groups in total. The standard InChI is InChI=1S/C20H23NO6S/c1-15(2)21(3)28(24,25)18-11-7-10-17(14-18)20(23)27-13-12-26-19(22)16-8-5-4-6-9-16/h4-11,14-15H,12-13H2,1-3H3. The van der Waals surface area contributed by atoms with E-state index in [1.165, 1.54) is 35.6 Å². The summed E-state index contributed by atoms with van der Waals surface area (Å²) in [5.41, 5.74) is 0.508. The summed E-state index contributed by atoms with van der Waals surface area (Å²) < 4.78 is 36.4. The van der Waals surface area contributed by atoms with E-state index in [2.05, 4.69) is 0 Å². The zero-order valence-electron chi connectivity index (χ0n) is 16.0. The molecule has 0 aliphatic rings. The number of carbonyl (C=O) groups excluding carboxylic acids is 2. The molecule has 2 aromatic carbocycles. The van der Waals surface area contributed by atoms with Gasteiger partial charge in [0.2, 0.25) is 10.0 Å². The van der Waals surface area contributed by atoms with Crippen LogP contribution in [0.3, 0.4) is 0 Å². The van der Waals surface area contributed by atoms with Crippen molar-refractivity contribution in [3.05, 3.63) is 65.7 Å². The third-order valence-corrected chi connectivity index (χ3v) is 6.06. The summed E-state index contributed by atoms with van der Waals surface area (Å²) in [6.07, 6.45) is 0. The van der Waals surface area contributed by atoms with Gasteiger partial charge in [0.15, 0.2) is 0 Å². The second kappa shape index (κ2) is 9.48. The lowest BCUT2D eigenvalue weighted by molar-refractivity contribution is 0.0265. The van der Waals surface area contributed by atoms with Crippen LogP contribution in [0.25, 0.3) is 0 Å². The minimum Gasteiger partial charge on any atom is -0.458 e. The number of nitrogens with zero attached hydrogens (tertiary/aromatic N) is 1. The fourth-order valence-corrected chi connectivity index (χ4v) is 3.65. The van der Waals surface area contributed by atoms with Crippen LogP contribution in [0.4, 0.5) is 0 Å². The molecule has 8 heteroatoms. The first-order valence-electron chi connectivity index (χ1n) is 8.71. The van der Waals surface area contributed by atoms with E-state index >= 15 is 0 Å². The van der Waals surface area contributed by atoms with Crippen molar-refractivity contribution in [3.8, 4) is 0 Å². The largest absolute Gasteiger partial charge is 0.458 e. The molecule has 0 saturated carbocycles. The Balaban J connectivity index is 1.94. The number of sulfonamides is 1. The zero-order chi connectivity index (χ0) is 20.7. The molecule has 0 aliphatic heterocycles. The molecule has 0 unspecified atom stereocenters. The molecule has 28 heavy (non-hydrogen) atoms. The molecule has 0 aromatic heterocycles. The van der Waals surface area contributed by atoms with Crippen molar-refractivity contribution in [3.63, 3.8) is 0 Å². The van der Waals surface area contributed by atoms with Crippen molar-refractivity contribution < 1.29 is 27.5 Å². The maximum Gasteiger partial charge on any atom is 0.338 e. The van der Waals surface area contributed by atoms with Crippen LogP contribution in [0.15, 0.2) is 59.5 Å². The number of esters is 2. The zero-order valence-corrected chi connectivity index (χ0v) is 16.8. The van der Waals surface area contributed by atoms with Gasteiger partial charge in [-0.15, -0.1) is 0 Å². The number of benzene rings is 2. The monoisotopic (exact) mass is 405 g/mol. The minimum atomic E-state index is -3.71. The summed E-state index contributed by atoms with van der Waals surface area (Å²) in [5, 5.41) is 0. The molecule has 0 aliphatic carbocycles. The quantitative estimate of drug-likeness (QED) is 0.495. The van der Waals surface area contributed by atoms with E-state index in [9.17, 15) is 18.0 Å². The maximum absolute atomic E-state index is 12.5. The Bertz CT molecular complexity index is 925. The van der Waals surface area contributed by atoms with Gasteiger partial charge in [-0.25, -0.2) is 18.0 Å². The van der Waals surface area contributed by atoms with Gasteiger partial charge < -0.3 is 9.47 Å². The topological polar surface area (TPSA) is 90.0 Å². The van der Waals surface area contributed by atoms with Crippen molar-refractivity contribution in [1.29, 1.82) is 0 Å². The summed E-state index contributed by atoms with van der Waals surface area (Å²) in [6, 6.07) is 13.9. The van der Waals surface area contributed by atoms with Gasteiger partial charge in [-0.05, 0) is 44.2 Å². The lowest BCUT2D eigenvalue weighted by Gasteiger charge is -2.21. The van der Waals surface area contributed by atoms with Crippen molar-refractivity contribution in [2.75, 3.05) is 20.3 Å². The fraction of sp³-hybridized carbons (Fsp3) is 0.300. The van der Waals surface area contributed by atoms with Gasteiger partial charge in [-0.3, -0.25) is 0 Å². The van der Waals surface area contributed by atoms with Crippen LogP contribution in [-0.2, 0) is 19.5 Å². The molecule has 0 atom stereocenters. The Kier molecular flexibility index (Phi) is 7.31. The Morgan fingerprint density at radius 1 is 0.893 bits per heavy atom. The van der Waals surface area contributed by atoms with Gasteiger partial charge in [-0.1, -0.05) is 24.3 Å². The molecule has 2 aromatic rings. The van der Waals surface area contributed by atoms with Crippen molar-refractivity contribution >= 4 is 22.0 Å². The molecule has 0 radical (unpaired) electrons. The van der Waals surface area contributed by atoms with Crippen LogP contribution in [0.2, 0.25) is 0 Å². The van der Waals surface area contributed by atoms with Crippen LogP contribution >= 0.6 is 0 Å². The normalized spacial score (nSPS) is 11.5. The highest BCUT2D eigenvalue weighted by molar-refractivity contribution is 7.89. The number of hydrogen-bond acceptors (Lipinski definition) is 6. The maximum atomic E-state index is 12.5. The molecule has 0 fully saturated rings. The van der Waals surface area contributed by atoms with Gasteiger partial charge in [0.1, 0.15) is 13.2 Å². The van der Waals surface area contributed by atoms with E-state index in [0.29, 0.717) is 5.56 Å². The summed E-state index contributed by atoms with van der Waals surface area (Å²) in [7, 11) is -2.23. The van der Waals surface area contributed by atoms with Gasteiger partial charge in [0, 0.05) is 13.1 Å². The van der Waals surface area contributed by atoms with Crippen LogP contribution in [0.1, 0.15) is 34.6 Å². The van der Waals surface area contributed by atoms with E-state index in [1.54, 1.807) is 44.2 Å². The molecule has 0 saturated heterocycles. The number of rotatable bonds is 8. The van der Waals surface area contributed by atoms with Crippen molar-refractivity contribution in [2.24, 2.45) is 0 Å². The number of carbonyl (C=O) groups is 2. The lowest BCUT2D eigenvalue weighted by atomic mass is 10.2. The lowest BCUT2D eigenvalue weighted by Crippen LogP contribution is -2.33. The van der Waals surface area contributed by atoms with Crippen LogP contribution in [0, 0.1) is 0 Å². The second-order valence-corrected chi connectivity index (χ2v) is 8.28. The van der Waals surface area contributed by atoms with Gasteiger partial charge in [0.05, 0.1) is 16.0 Å². The highest BCUT2D eigenvalue weighted by atomic mass is 32.2. The number of ether oxygens (including phenoxy) is 2.